The minimum Gasteiger partial charge on any atom is -0.478 e. The molecule has 3 aromatic rings. The second-order valence-corrected chi connectivity index (χ2v) is 6.98. The molecule has 7 heteroatoms. The number of rotatable bonds is 6. The molecule has 0 N–H and O–H groups in total. The van der Waals surface area contributed by atoms with Gasteiger partial charge in [-0.2, -0.15) is 0 Å². The van der Waals surface area contributed by atoms with Crippen LogP contribution in [0.5, 0.6) is 5.75 Å². The molecule has 2 aromatic carbocycles. The summed E-state index contributed by atoms with van der Waals surface area (Å²) < 4.78 is 25.6. The second kappa shape index (κ2) is 8.66. The molecule has 1 heterocycles. The normalized spacial score (nSPS) is 12.0. The Bertz CT molecular complexity index is 1110. The zero-order chi connectivity index (χ0) is 21.1. The standard InChI is InChI=1S/C22H21ClFNO4/c1-4-25(5-2)22(27)13(3)28-20-12-19-17(10-18(20)24)16(11-21(26)29-19)14-7-6-8-15(23)9-14/h6-13H,4-5H2,1-3H3/t13-/m1/s1. The molecular formula is C22H21ClFNO4. The first-order chi connectivity index (χ1) is 13.8. The van der Waals surface area contributed by atoms with Gasteiger partial charge in [0.05, 0.1) is 0 Å². The van der Waals surface area contributed by atoms with Gasteiger partial charge in [0.25, 0.3) is 5.91 Å². The molecule has 0 bridgehead atoms. The number of fused-ring (bicyclic) bond motifs is 1. The molecule has 1 aromatic heterocycles. The number of carbonyl (C=O) groups is 1. The van der Waals surface area contributed by atoms with E-state index in [-0.39, 0.29) is 17.2 Å². The highest BCUT2D eigenvalue weighted by atomic mass is 35.5. The maximum atomic E-state index is 14.8. The molecule has 0 spiro atoms. The topological polar surface area (TPSA) is 59.8 Å². The van der Waals surface area contributed by atoms with Crippen molar-refractivity contribution in [2.24, 2.45) is 0 Å². The maximum Gasteiger partial charge on any atom is 0.336 e. The van der Waals surface area contributed by atoms with E-state index in [0.29, 0.717) is 34.6 Å². The van der Waals surface area contributed by atoms with Gasteiger partial charge in [-0.05, 0) is 50.1 Å². The Labute approximate surface area is 172 Å². The SMILES string of the molecule is CCN(CC)C(=O)[C@@H](C)Oc1cc2oc(=O)cc(-c3cccc(Cl)c3)c2cc1F. The molecule has 0 unspecified atom stereocenters. The van der Waals surface area contributed by atoms with Crippen LogP contribution in [0.25, 0.3) is 22.1 Å². The first-order valence-corrected chi connectivity index (χ1v) is 9.70. The van der Waals surface area contributed by atoms with Crippen LogP contribution >= 0.6 is 11.6 Å². The largest absolute Gasteiger partial charge is 0.478 e. The fourth-order valence-electron chi connectivity index (χ4n) is 3.18. The van der Waals surface area contributed by atoms with Gasteiger partial charge >= 0.3 is 5.63 Å². The number of likely N-dealkylation sites (N-methyl/N-ethyl adjacent to an activating group) is 1. The van der Waals surface area contributed by atoms with E-state index in [1.165, 1.54) is 18.2 Å². The zero-order valence-corrected chi connectivity index (χ0v) is 17.1. The van der Waals surface area contributed by atoms with E-state index in [1.807, 2.05) is 13.8 Å². The van der Waals surface area contributed by atoms with E-state index in [9.17, 15) is 14.0 Å². The monoisotopic (exact) mass is 417 g/mol. The van der Waals surface area contributed by atoms with Crippen LogP contribution in [0.4, 0.5) is 4.39 Å². The molecule has 29 heavy (non-hydrogen) atoms. The van der Waals surface area contributed by atoms with Gasteiger partial charge in [-0.15, -0.1) is 0 Å². The van der Waals surface area contributed by atoms with Crippen molar-refractivity contribution >= 4 is 28.5 Å². The van der Waals surface area contributed by atoms with Crippen LogP contribution in [0.15, 0.2) is 51.7 Å². The van der Waals surface area contributed by atoms with Crippen LogP contribution in [-0.2, 0) is 4.79 Å². The number of amides is 1. The van der Waals surface area contributed by atoms with E-state index in [0.717, 1.165) is 0 Å². The minimum atomic E-state index is -0.885. The van der Waals surface area contributed by atoms with Crippen LogP contribution in [-0.4, -0.2) is 30.0 Å². The van der Waals surface area contributed by atoms with Gasteiger partial charge in [0, 0.05) is 35.6 Å². The summed E-state index contributed by atoms with van der Waals surface area (Å²) in [6, 6.07) is 10.7. The third-order valence-electron chi connectivity index (χ3n) is 4.66. The number of nitrogens with zero attached hydrogens (tertiary/aromatic N) is 1. The Kier molecular flexibility index (Phi) is 6.23. The van der Waals surface area contributed by atoms with Crippen LogP contribution in [0, 0.1) is 5.82 Å². The van der Waals surface area contributed by atoms with Crippen molar-refractivity contribution in [1.29, 1.82) is 0 Å². The van der Waals surface area contributed by atoms with Crippen LogP contribution in [0.3, 0.4) is 0 Å². The van der Waals surface area contributed by atoms with Crippen molar-refractivity contribution in [3.05, 3.63) is 63.7 Å². The van der Waals surface area contributed by atoms with Gasteiger partial charge in [0.1, 0.15) is 5.58 Å². The molecule has 0 fully saturated rings. The van der Waals surface area contributed by atoms with Crippen molar-refractivity contribution in [2.45, 2.75) is 26.9 Å². The number of carbonyl (C=O) groups excluding carboxylic acids is 1. The van der Waals surface area contributed by atoms with Crippen molar-refractivity contribution in [2.75, 3.05) is 13.1 Å². The first-order valence-electron chi connectivity index (χ1n) is 9.32. The molecule has 5 nitrogen and oxygen atoms in total. The summed E-state index contributed by atoms with van der Waals surface area (Å²) in [5.41, 5.74) is 0.730. The second-order valence-electron chi connectivity index (χ2n) is 6.54. The Morgan fingerprint density at radius 3 is 2.59 bits per heavy atom. The number of ether oxygens (including phenoxy) is 1. The molecule has 0 aliphatic carbocycles. The molecule has 1 atom stereocenters. The molecular weight excluding hydrogens is 397 g/mol. The van der Waals surface area contributed by atoms with Gasteiger partial charge in [-0.1, -0.05) is 23.7 Å². The quantitative estimate of drug-likeness (QED) is 0.536. The highest BCUT2D eigenvalue weighted by molar-refractivity contribution is 6.30. The number of halogens is 2. The summed E-state index contributed by atoms with van der Waals surface area (Å²) in [7, 11) is 0. The van der Waals surface area contributed by atoms with Crippen molar-refractivity contribution in [1.82, 2.24) is 4.90 Å². The summed E-state index contributed by atoms with van der Waals surface area (Å²) in [5.74, 6) is -1.06. The third kappa shape index (κ3) is 4.43. The average molecular weight is 418 g/mol. The van der Waals surface area contributed by atoms with Crippen molar-refractivity contribution in [3.8, 4) is 16.9 Å². The van der Waals surface area contributed by atoms with E-state index in [1.54, 1.807) is 36.1 Å². The number of benzene rings is 2. The first kappa shape index (κ1) is 20.9. The third-order valence-corrected chi connectivity index (χ3v) is 4.89. The van der Waals surface area contributed by atoms with E-state index in [4.69, 9.17) is 20.8 Å². The molecule has 0 aliphatic heterocycles. The zero-order valence-electron chi connectivity index (χ0n) is 16.4. The summed E-state index contributed by atoms with van der Waals surface area (Å²) in [5, 5.41) is 0.896. The van der Waals surface area contributed by atoms with Gasteiger partial charge < -0.3 is 14.1 Å². The highest BCUT2D eigenvalue weighted by Gasteiger charge is 2.22. The maximum absolute atomic E-state index is 14.8. The van der Waals surface area contributed by atoms with Gasteiger partial charge in [-0.25, -0.2) is 9.18 Å². The summed E-state index contributed by atoms with van der Waals surface area (Å²) in [6.45, 7) is 6.33. The predicted octanol–water partition coefficient (Wildman–Crippen LogP) is 4.89. The fraction of sp³-hybridized carbons (Fsp3) is 0.273. The van der Waals surface area contributed by atoms with Gasteiger partial charge in [0.2, 0.25) is 0 Å². The Morgan fingerprint density at radius 1 is 1.21 bits per heavy atom. The van der Waals surface area contributed by atoms with E-state index in [2.05, 4.69) is 0 Å². The van der Waals surface area contributed by atoms with E-state index >= 15 is 0 Å². The van der Waals surface area contributed by atoms with Crippen molar-refractivity contribution in [3.63, 3.8) is 0 Å². The molecule has 0 radical (unpaired) electrons. The summed E-state index contributed by atoms with van der Waals surface area (Å²) in [4.78, 5) is 26.1. The number of hydrogen-bond donors (Lipinski definition) is 0. The predicted molar refractivity (Wildman–Crippen MR) is 111 cm³/mol. The Morgan fingerprint density at radius 2 is 1.93 bits per heavy atom. The molecule has 0 aliphatic rings. The minimum absolute atomic E-state index is 0.156. The molecule has 0 saturated heterocycles. The molecule has 0 saturated carbocycles. The lowest BCUT2D eigenvalue weighted by atomic mass is 10.0. The van der Waals surface area contributed by atoms with Crippen LogP contribution in [0.1, 0.15) is 20.8 Å². The average Bonchev–Trinajstić information content (AvgIpc) is 2.69. The smallest absolute Gasteiger partial charge is 0.336 e. The van der Waals surface area contributed by atoms with Gasteiger partial charge in [0.15, 0.2) is 17.7 Å². The molecule has 1 amide bonds. The van der Waals surface area contributed by atoms with Crippen LogP contribution < -0.4 is 10.4 Å². The number of hydrogen-bond acceptors (Lipinski definition) is 4. The highest BCUT2D eigenvalue weighted by Crippen LogP contribution is 2.33. The van der Waals surface area contributed by atoms with E-state index < -0.39 is 17.5 Å². The molecule has 3 rings (SSSR count). The Balaban J connectivity index is 2.04. The molecule has 152 valence electrons. The lowest BCUT2D eigenvalue weighted by Crippen LogP contribution is -2.40. The summed E-state index contributed by atoms with van der Waals surface area (Å²) >= 11 is 6.05. The Hall–Kier alpha value is -2.86. The van der Waals surface area contributed by atoms with Crippen LogP contribution in [0.2, 0.25) is 5.02 Å². The lowest BCUT2D eigenvalue weighted by molar-refractivity contribution is -0.137. The fourth-order valence-corrected chi connectivity index (χ4v) is 3.37. The summed E-state index contributed by atoms with van der Waals surface area (Å²) in [6.07, 6.45) is -0.885. The van der Waals surface area contributed by atoms with Crippen molar-refractivity contribution < 1.29 is 18.3 Å². The lowest BCUT2D eigenvalue weighted by Gasteiger charge is -2.23. The van der Waals surface area contributed by atoms with Gasteiger partial charge in [-0.3, -0.25) is 4.79 Å².